The van der Waals surface area contributed by atoms with E-state index < -0.39 is 11.6 Å². The summed E-state index contributed by atoms with van der Waals surface area (Å²) < 4.78 is 27.2. The van der Waals surface area contributed by atoms with Gasteiger partial charge < -0.3 is 5.32 Å². The molecule has 0 spiro atoms. The van der Waals surface area contributed by atoms with Gasteiger partial charge in [-0.05, 0) is 31.0 Å². The zero-order chi connectivity index (χ0) is 13.0. The minimum Gasteiger partial charge on any atom is -0.310 e. The average molecular weight is 262 g/mol. The first-order valence-corrected chi connectivity index (χ1v) is 6.23. The summed E-state index contributed by atoms with van der Waals surface area (Å²) in [4.78, 5) is 0. The van der Waals surface area contributed by atoms with Crippen LogP contribution >= 0.6 is 11.6 Å². The molecule has 1 unspecified atom stereocenters. The molecule has 0 aliphatic rings. The Labute approximate surface area is 106 Å². The van der Waals surface area contributed by atoms with E-state index in [1.54, 1.807) is 0 Å². The smallest absolute Gasteiger partial charge is 0.142 e. The summed E-state index contributed by atoms with van der Waals surface area (Å²) >= 11 is 5.54. The third kappa shape index (κ3) is 3.65. The van der Waals surface area contributed by atoms with Crippen molar-refractivity contribution in [3.63, 3.8) is 0 Å². The summed E-state index contributed by atoms with van der Waals surface area (Å²) in [6.45, 7) is 6.74. The molecule has 0 saturated carbocycles. The molecule has 17 heavy (non-hydrogen) atoms. The molecule has 1 aromatic carbocycles. The van der Waals surface area contributed by atoms with E-state index in [-0.39, 0.29) is 17.0 Å². The van der Waals surface area contributed by atoms with E-state index in [2.05, 4.69) is 5.32 Å². The van der Waals surface area contributed by atoms with Gasteiger partial charge in [0.2, 0.25) is 0 Å². The maximum atomic E-state index is 13.8. The van der Waals surface area contributed by atoms with Crippen LogP contribution in [0.3, 0.4) is 0 Å². The predicted octanol–water partition coefficient (Wildman–Crippen LogP) is 4.31. The van der Waals surface area contributed by atoms with Gasteiger partial charge in [-0.3, -0.25) is 0 Å². The topological polar surface area (TPSA) is 12.0 Å². The molecule has 4 heteroatoms. The normalized spacial score (nSPS) is 13.1. The van der Waals surface area contributed by atoms with Crippen LogP contribution in [0.1, 0.15) is 38.8 Å². The Morgan fingerprint density at radius 2 is 1.88 bits per heavy atom. The lowest BCUT2D eigenvalue weighted by atomic mass is 9.95. The minimum absolute atomic E-state index is 0.177. The van der Waals surface area contributed by atoms with Gasteiger partial charge in [0.25, 0.3) is 0 Å². The Kier molecular flexibility index (Phi) is 5.34. The molecule has 1 aromatic rings. The van der Waals surface area contributed by atoms with Crippen molar-refractivity contribution in [2.75, 3.05) is 6.54 Å². The highest BCUT2D eigenvalue weighted by molar-refractivity contribution is 6.30. The predicted molar refractivity (Wildman–Crippen MR) is 67.2 cm³/mol. The standard InChI is InChI=1S/C13H18ClF2N/c1-4-5-17-13(8(2)3)9-6-12(16)10(14)7-11(9)15/h6-8,13,17H,4-5H2,1-3H3. The Morgan fingerprint density at radius 1 is 1.24 bits per heavy atom. The molecule has 0 amide bonds. The molecule has 1 N–H and O–H groups in total. The molecule has 0 aromatic heterocycles. The molecule has 96 valence electrons. The van der Waals surface area contributed by atoms with E-state index in [4.69, 9.17) is 11.6 Å². The van der Waals surface area contributed by atoms with Crippen LogP contribution in [0.15, 0.2) is 12.1 Å². The molecule has 1 atom stereocenters. The maximum Gasteiger partial charge on any atom is 0.142 e. The van der Waals surface area contributed by atoms with Crippen LogP contribution in [-0.4, -0.2) is 6.54 Å². The average Bonchev–Trinajstić information content (AvgIpc) is 2.25. The first kappa shape index (κ1) is 14.4. The first-order valence-electron chi connectivity index (χ1n) is 5.85. The number of benzene rings is 1. The van der Waals surface area contributed by atoms with Crippen LogP contribution in [0.25, 0.3) is 0 Å². The molecule has 0 saturated heterocycles. The second-order valence-electron chi connectivity index (χ2n) is 4.46. The van der Waals surface area contributed by atoms with Gasteiger partial charge in [0.05, 0.1) is 5.02 Å². The van der Waals surface area contributed by atoms with Crippen molar-refractivity contribution in [2.45, 2.75) is 33.2 Å². The van der Waals surface area contributed by atoms with Crippen molar-refractivity contribution in [2.24, 2.45) is 5.92 Å². The quantitative estimate of drug-likeness (QED) is 0.779. The monoisotopic (exact) mass is 261 g/mol. The molecule has 0 bridgehead atoms. The lowest BCUT2D eigenvalue weighted by molar-refractivity contribution is 0.396. The van der Waals surface area contributed by atoms with E-state index in [1.165, 1.54) is 6.07 Å². The van der Waals surface area contributed by atoms with Crippen LogP contribution < -0.4 is 5.32 Å². The molecule has 0 fully saturated rings. The summed E-state index contributed by atoms with van der Waals surface area (Å²) in [6.07, 6.45) is 0.945. The summed E-state index contributed by atoms with van der Waals surface area (Å²) in [7, 11) is 0. The largest absolute Gasteiger partial charge is 0.310 e. The van der Waals surface area contributed by atoms with Crippen molar-refractivity contribution in [1.82, 2.24) is 5.32 Å². The molecule has 1 nitrogen and oxygen atoms in total. The van der Waals surface area contributed by atoms with Gasteiger partial charge >= 0.3 is 0 Å². The SMILES string of the molecule is CCCNC(c1cc(F)c(Cl)cc1F)C(C)C. The molecule has 0 heterocycles. The number of rotatable bonds is 5. The summed E-state index contributed by atoms with van der Waals surface area (Å²) in [5, 5.41) is 3.05. The second kappa shape index (κ2) is 6.31. The third-order valence-electron chi connectivity index (χ3n) is 2.66. The molecular formula is C13H18ClF2N. The molecule has 0 aliphatic heterocycles. The highest BCUT2D eigenvalue weighted by Gasteiger charge is 2.20. The minimum atomic E-state index is -0.577. The van der Waals surface area contributed by atoms with E-state index in [0.717, 1.165) is 19.0 Å². The molecule has 0 radical (unpaired) electrons. The van der Waals surface area contributed by atoms with Crippen molar-refractivity contribution in [3.8, 4) is 0 Å². The number of hydrogen-bond donors (Lipinski definition) is 1. The molecular weight excluding hydrogens is 244 g/mol. The van der Waals surface area contributed by atoms with E-state index in [1.807, 2.05) is 20.8 Å². The van der Waals surface area contributed by atoms with Gasteiger partial charge in [-0.1, -0.05) is 32.4 Å². The van der Waals surface area contributed by atoms with Crippen molar-refractivity contribution in [3.05, 3.63) is 34.4 Å². The van der Waals surface area contributed by atoms with Gasteiger partial charge in [0, 0.05) is 11.6 Å². The van der Waals surface area contributed by atoms with Gasteiger partial charge in [-0.2, -0.15) is 0 Å². The van der Waals surface area contributed by atoms with Crippen LogP contribution in [0.5, 0.6) is 0 Å². The Hall–Kier alpha value is -0.670. The van der Waals surface area contributed by atoms with Crippen LogP contribution in [0.2, 0.25) is 5.02 Å². The fraction of sp³-hybridized carbons (Fsp3) is 0.538. The Balaban J connectivity index is 3.05. The summed E-state index contributed by atoms with van der Waals surface area (Å²) in [6, 6.07) is 2.03. The third-order valence-corrected chi connectivity index (χ3v) is 2.95. The highest BCUT2D eigenvalue weighted by Crippen LogP contribution is 2.28. The number of halogens is 3. The fourth-order valence-corrected chi connectivity index (χ4v) is 1.93. The van der Waals surface area contributed by atoms with Gasteiger partial charge in [0.15, 0.2) is 0 Å². The van der Waals surface area contributed by atoms with E-state index in [0.29, 0.717) is 5.56 Å². The van der Waals surface area contributed by atoms with Gasteiger partial charge in [-0.15, -0.1) is 0 Å². The zero-order valence-corrected chi connectivity index (χ0v) is 11.1. The van der Waals surface area contributed by atoms with E-state index in [9.17, 15) is 8.78 Å². The maximum absolute atomic E-state index is 13.8. The summed E-state index contributed by atoms with van der Waals surface area (Å²) in [5.74, 6) is -0.859. The molecule has 0 aliphatic carbocycles. The second-order valence-corrected chi connectivity index (χ2v) is 4.87. The van der Waals surface area contributed by atoms with Crippen LogP contribution in [-0.2, 0) is 0 Å². The van der Waals surface area contributed by atoms with E-state index >= 15 is 0 Å². The van der Waals surface area contributed by atoms with Crippen molar-refractivity contribution in [1.29, 1.82) is 0 Å². The zero-order valence-electron chi connectivity index (χ0n) is 10.4. The van der Waals surface area contributed by atoms with Crippen molar-refractivity contribution < 1.29 is 8.78 Å². The molecule has 1 rings (SSSR count). The highest BCUT2D eigenvalue weighted by atomic mass is 35.5. The van der Waals surface area contributed by atoms with Crippen LogP contribution in [0.4, 0.5) is 8.78 Å². The number of hydrogen-bond acceptors (Lipinski definition) is 1. The van der Waals surface area contributed by atoms with Crippen molar-refractivity contribution >= 4 is 11.6 Å². The fourth-order valence-electron chi connectivity index (χ4n) is 1.78. The lowest BCUT2D eigenvalue weighted by Crippen LogP contribution is -2.27. The number of nitrogens with one attached hydrogen (secondary N) is 1. The Bertz CT molecular complexity index is 380. The summed E-state index contributed by atoms with van der Waals surface area (Å²) in [5.41, 5.74) is 0.343. The van der Waals surface area contributed by atoms with Gasteiger partial charge in [0.1, 0.15) is 11.6 Å². The van der Waals surface area contributed by atoms with Crippen LogP contribution in [0, 0.1) is 17.6 Å². The Morgan fingerprint density at radius 3 is 2.41 bits per heavy atom. The lowest BCUT2D eigenvalue weighted by Gasteiger charge is -2.23. The first-order chi connectivity index (χ1) is 7.97. The van der Waals surface area contributed by atoms with Gasteiger partial charge in [-0.25, -0.2) is 8.78 Å².